The second-order valence-corrected chi connectivity index (χ2v) is 4.39. The van der Waals surface area contributed by atoms with Crippen LogP contribution in [0.4, 0.5) is 16.2 Å². The van der Waals surface area contributed by atoms with E-state index in [0.717, 1.165) is 26.1 Å². The molecule has 0 atom stereocenters. The van der Waals surface area contributed by atoms with Gasteiger partial charge >= 0.3 is 6.03 Å². The van der Waals surface area contributed by atoms with Crippen LogP contribution in [0.15, 0.2) is 24.3 Å². The summed E-state index contributed by atoms with van der Waals surface area (Å²) in [5.41, 5.74) is 6.99. The highest BCUT2D eigenvalue weighted by atomic mass is 16.2. The van der Waals surface area contributed by atoms with Gasteiger partial charge in [-0.2, -0.15) is 0 Å². The Balaban J connectivity index is 2.21. The van der Waals surface area contributed by atoms with Gasteiger partial charge in [0, 0.05) is 17.9 Å². The number of nitrogens with two attached hydrogens (primary N) is 1. The van der Waals surface area contributed by atoms with E-state index in [1.165, 1.54) is 0 Å². The highest BCUT2D eigenvalue weighted by Crippen LogP contribution is 2.11. The van der Waals surface area contributed by atoms with Gasteiger partial charge in [-0.25, -0.2) is 4.79 Å². The fourth-order valence-corrected chi connectivity index (χ4v) is 1.84. The summed E-state index contributed by atoms with van der Waals surface area (Å²) in [5, 5.41) is 5.59. The number of benzene rings is 1. The first-order valence-electron chi connectivity index (χ1n) is 6.78. The van der Waals surface area contributed by atoms with Crippen LogP contribution in [-0.2, 0) is 0 Å². The lowest BCUT2D eigenvalue weighted by molar-refractivity contribution is 0.250. The molecule has 0 saturated heterocycles. The predicted octanol–water partition coefficient (Wildman–Crippen LogP) is 2.12. The predicted molar refractivity (Wildman–Crippen MR) is 80.3 cm³/mol. The number of amides is 2. The Bertz CT molecular complexity index is 391. The number of carbonyl (C=O) groups excluding carboxylic acids is 1. The van der Waals surface area contributed by atoms with E-state index in [-0.39, 0.29) is 6.03 Å². The standard InChI is InChI=1S/C14H24N4O/c1-3-18(4-2)10-6-9-16-14(19)17-13-8-5-7-12(15)11-13/h5,7-8,11H,3-4,6,9-10,15H2,1-2H3,(H2,16,17,19). The van der Waals surface area contributed by atoms with Crippen molar-refractivity contribution < 1.29 is 4.79 Å². The van der Waals surface area contributed by atoms with Crippen LogP contribution in [0.25, 0.3) is 0 Å². The number of nitrogen functional groups attached to an aromatic ring is 1. The minimum atomic E-state index is -0.190. The van der Waals surface area contributed by atoms with Crippen molar-refractivity contribution in [1.82, 2.24) is 10.2 Å². The average molecular weight is 264 g/mol. The van der Waals surface area contributed by atoms with E-state index in [0.29, 0.717) is 17.9 Å². The number of rotatable bonds is 7. The van der Waals surface area contributed by atoms with E-state index in [4.69, 9.17) is 5.73 Å². The SMILES string of the molecule is CCN(CC)CCCNC(=O)Nc1cccc(N)c1. The third-order valence-corrected chi connectivity index (χ3v) is 2.98. The third kappa shape index (κ3) is 6.10. The molecule has 0 heterocycles. The van der Waals surface area contributed by atoms with Gasteiger partial charge in [0.15, 0.2) is 0 Å². The van der Waals surface area contributed by atoms with Gasteiger partial charge in [0.2, 0.25) is 0 Å². The van der Waals surface area contributed by atoms with Crippen molar-refractivity contribution in [2.45, 2.75) is 20.3 Å². The highest BCUT2D eigenvalue weighted by Gasteiger charge is 2.02. The van der Waals surface area contributed by atoms with E-state index in [2.05, 4.69) is 29.4 Å². The molecule has 0 fully saturated rings. The fourth-order valence-electron chi connectivity index (χ4n) is 1.84. The number of carbonyl (C=O) groups is 1. The molecule has 5 nitrogen and oxygen atoms in total. The summed E-state index contributed by atoms with van der Waals surface area (Å²) in [4.78, 5) is 14.0. The Kier molecular flexibility index (Phi) is 6.74. The molecule has 19 heavy (non-hydrogen) atoms. The van der Waals surface area contributed by atoms with Gasteiger partial charge < -0.3 is 21.3 Å². The van der Waals surface area contributed by atoms with Crippen LogP contribution >= 0.6 is 0 Å². The van der Waals surface area contributed by atoms with Crippen LogP contribution < -0.4 is 16.4 Å². The molecule has 4 N–H and O–H groups in total. The molecule has 2 amide bonds. The summed E-state index contributed by atoms with van der Waals surface area (Å²) >= 11 is 0. The van der Waals surface area contributed by atoms with Gasteiger partial charge in [-0.15, -0.1) is 0 Å². The Labute approximate surface area is 115 Å². The minimum absolute atomic E-state index is 0.190. The lowest BCUT2D eigenvalue weighted by Gasteiger charge is -2.17. The lowest BCUT2D eigenvalue weighted by atomic mass is 10.3. The molecule has 0 aliphatic carbocycles. The first-order valence-corrected chi connectivity index (χ1v) is 6.78. The molecule has 0 spiro atoms. The molecule has 0 aliphatic heterocycles. The van der Waals surface area contributed by atoms with Crippen molar-refractivity contribution in [1.29, 1.82) is 0 Å². The van der Waals surface area contributed by atoms with Gasteiger partial charge in [-0.1, -0.05) is 19.9 Å². The summed E-state index contributed by atoms with van der Waals surface area (Å²) in [6.45, 7) is 8.06. The van der Waals surface area contributed by atoms with Crippen molar-refractivity contribution in [3.8, 4) is 0 Å². The van der Waals surface area contributed by atoms with E-state index in [1.807, 2.05) is 12.1 Å². The summed E-state index contributed by atoms with van der Waals surface area (Å²) < 4.78 is 0. The zero-order valence-corrected chi connectivity index (χ0v) is 11.8. The summed E-state index contributed by atoms with van der Waals surface area (Å²) in [5.74, 6) is 0. The van der Waals surface area contributed by atoms with Gasteiger partial charge in [0.05, 0.1) is 0 Å². The second-order valence-electron chi connectivity index (χ2n) is 4.39. The zero-order chi connectivity index (χ0) is 14.1. The second kappa shape index (κ2) is 8.37. The van der Waals surface area contributed by atoms with Gasteiger partial charge in [-0.05, 0) is 44.3 Å². The largest absolute Gasteiger partial charge is 0.399 e. The molecule has 1 aromatic rings. The molecule has 5 heteroatoms. The fraction of sp³-hybridized carbons (Fsp3) is 0.500. The van der Waals surface area contributed by atoms with Crippen molar-refractivity contribution in [2.24, 2.45) is 0 Å². The normalized spacial score (nSPS) is 10.5. The Hall–Kier alpha value is -1.75. The Morgan fingerprint density at radius 3 is 2.68 bits per heavy atom. The molecule has 0 aromatic heterocycles. The molecule has 1 aromatic carbocycles. The molecule has 0 saturated carbocycles. The first kappa shape index (κ1) is 15.3. The van der Waals surface area contributed by atoms with E-state index in [9.17, 15) is 4.79 Å². The molecule has 0 bridgehead atoms. The summed E-state index contributed by atoms with van der Waals surface area (Å²) in [6.07, 6.45) is 0.950. The van der Waals surface area contributed by atoms with Crippen LogP contribution in [-0.4, -0.2) is 37.1 Å². The van der Waals surface area contributed by atoms with Crippen molar-refractivity contribution >= 4 is 17.4 Å². The molecule has 0 unspecified atom stereocenters. The van der Waals surface area contributed by atoms with Crippen LogP contribution in [0.3, 0.4) is 0 Å². The maximum absolute atomic E-state index is 11.6. The quantitative estimate of drug-likeness (QED) is 0.522. The lowest BCUT2D eigenvalue weighted by Crippen LogP contribution is -2.32. The monoisotopic (exact) mass is 264 g/mol. The zero-order valence-electron chi connectivity index (χ0n) is 11.8. The number of nitrogens with zero attached hydrogens (tertiary/aromatic N) is 1. The van der Waals surface area contributed by atoms with Crippen LogP contribution in [0.2, 0.25) is 0 Å². The Morgan fingerprint density at radius 1 is 1.32 bits per heavy atom. The molecule has 106 valence electrons. The molecular weight excluding hydrogens is 240 g/mol. The average Bonchev–Trinajstić information content (AvgIpc) is 2.39. The number of hydrogen-bond donors (Lipinski definition) is 3. The minimum Gasteiger partial charge on any atom is -0.399 e. The first-order chi connectivity index (χ1) is 9.15. The molecular formula is C14H24N4O. The number of urea groups is 1. The van der Waals surface area contributed by atoms with E-state index in [1.54, 1.807) is 12.1 Å². The topological polar surface area (TPSA) is 70.4 Å². The van der Waals surface area contributed by atoms with Crippen LogP contribution in [0.1, 0.15) is 20.3 Å². The Morgan fingerprint density at radius 2 is 2.05 bits per heavy atom. The third-order valence-electron chi connectivity index (χ3n) is 2.98. The number of nitrogens with one attached hydrogen (secondary N) is 2. The smallest absolute Gasteiger partial charge is 0.319 e. The van der Waals surface area contributed by atoms with Crippen molar-refractivity contribution in [3.63, 3.8) is 0 Å². The maximum atomic E-state index is 11.6. The van der Waals surface area contributed by atoms with E-state index < -0.39 is 0 Å². The van der Waals surface area contributed by atoms with Crippen molar-refractivity contribution in [3.05, 3.63) is 24.3 Å². The summed E-state index contributed by atoms with van der Waals surface area (Å²) in [7, 11) is 0. The highest BCUT2D eigenvalue weighted by molar-refractivity contribution is 5.89. The number of hydrogen-bond acceptors (Lipinski definition) is 3. The molecule has 1 rings (SSSR count). The number of anilines is 2. The van der Waals surface area contributed by atoms with Gasteiger partial charge in [0.25, 0.3) is 0 Å². The van der Waals surface area contributed by atoms with Crippen molar-refractivity contribution in [2.75, 3.05) is 37.2 Å². The van der Waals surface area contributed by atoms with Gasteiger partial charge in [-0.3, -0.25) is 0 Å². The summed E-state index contributed by atoms with van der Waals surface area (Å²) in [6, 6.07) is 6.95. The van der Waals surface area contributed by atoms with Crippen LogP contribution in [0, 0.1) is 0 Å². The molecule has 0 radical (unpaired) electrons. The maximum Gasteiger partial charge on any atom is 0.319 e. The molecule has 0 aliphatic rings. The van der Waals surface area contributed by atoms with Gasteiger partial charge in [0.1, 0.15) is 0 Å². The van der Waals surface area contributed by atoms with E-state index >= 15 is 0 Å². The van der Waals surface area contributed by atoms with Crippen LogP contribution in [0.5, 0.6) is 0 Å².